The number of hydrazine groups is 2. The van der Waals surface area contributed by atoms with Crippen LogP contribution in [0.4, 0.5) is 0 Å². The minimum atomic E-state index is 0.0962. The van der Waals surface area contributed by atoms with Crippen molar-refractivity contribution in [3.63, 3.8) is 0 Å². The van der Waals surface area contributed by atoms with Crippen LogP contribution >= 0.6 is 12.6 Å². The van der Waals surface area contributed by atoms with E-state index in [2.05, 4.69) is 23.2 Å². The maximum Gasteiger partial charge on any atom is 0.167 e. The largest absolute Gasteiger partial charge is 0.394 e. The van der Waals surface area contributed by atoms with Gasteiger partial charge in [-0.15, -0.1) is 18.2 Å². The predicted octanol–water partition coefficient (Wildman–Crippen LogP) is 0.0605. The molecule has 0 fully saturated rings. The molecule has 0 aliphatic carbocycles. The first kappa shape index (κ1) is 9.57. The van der Waals surface area contributed by atoms with Gasteiger partial charge in [-0.2, -0.15) is 0 Å². The maximum atomic E-state index is 8.78. The number of thiol groups is 1. The molecule has 2 rings (SSSR count). The van der Waals surface area contributed by atoms with Crippen molar-refractivity contribution < 1.29 is 5.11 Å². The third-order valence-corrected chi connectivity index (χ3v) is 2.26. The van der Waals surface area contributed by atoms with Crippen LogP contribution in [-0.2, 0) is 0 Å². The number of β-amino-alcohol motifs (C(OH)–C–C–N with tert-alkyl or cyclic N) is 1. The third-order valence-electron chi connectivity index (χ3n) is 1.93. The predicted molar refractivity (Wildman–Crippen MR) is 57.0 cm³/mol. The Bertz CT molecular complexity index is 336. The lowest BCUT2D eigenvalue weighted by molar-refractivity contribution is 0.137. The van der Waals surface area contributed by atoms with E-state index in [4.69, 9.17) is 5.11 Å². The van der Waals surface area contributed by atoms with Crippen LogP contribution in [0.1, 0.15) is 6.92 Å². The normalized spacial score (nSPS) is 20.4. The Balaban J connectivity index is 2.19. The Morgan fingerprint density at radius 1 is 1.64 bits per heavy atom. The molecule has 0 aromatic heterocycles. The van der Waals surface area contributed by atoms with Crippen molar-refractivity contribution in [2.24, 2.45) is 4.99 Å². The summed E-state index contributed by atoms with van der Waals surface area (Å²) in [4.78, 5) is 4.32. The van der Waals surface area contributed by atoms with E-state index < -0.39 is 0 Å². The second-order valence-electron chi connectivity index (χ2n) is 3.10. The number of aliphatic hydroxyl groups excluding tert-OH is 1. The summed E-state index contributed by atoms with van der Waals surface area (Å²) in [6.45, 7) is 2.54. The molecule has 0 aromatic carbocycles. The molecule has 0 spiro atoms. The maximum absolute atomic E-state index is 8.78. The highest BCUT2D eigenvalue weighted by Gasteiger charge is 2.24. The smallest absolute Gasteiger partial charge is 0.167 e. The van der Waals surface area contributed by atoms with E-state index in [1.54, 1.807) is 10.0 Å². The topological polar surface area (TPSA) is 51.1 Å². The number of rotatable bonds is 2. The molecule has 2 aliphatic heterocycles. The van der Waals surface area contributed by atoms with Gasteiger partial charge < -0.3 is 5.11 Å². The van der Waals surface area contributed by atoms with Crippen LogP contribution in [0, 0.1) is 0 Å². The van der Waals surface area contributed by atoms with Gasteiger partial charge in [0, 0.05) is 5.71 Å². The zero-order chi connectivity index (χ0) is 10.1. The highest BCUT2D eigenvalue weighted by atomic mass is 32.1. The van der Waals surface area contributed by atoms with Crippen LogP contribution in [0.25, 0.3) is 0 Å². The summed E-state index contributed by atoms with van der Waals surface area (Å²) in [7, 11) is 0. The molecule has 0 unspecified atom stereocenters. The van der Waals surface area contributed by atoms with Crippen molar-refractivity contribution in [1.29, 1.82) is 0 Å². The van der Waals surface area contributed by atoms with Crippen molar-refractivity contribution >= 4 is 18.3 Å². The van der Waals surface area contributed by atoms with Crippen molar-refractivity contribution in [2.75, 3.05) is 13.2 Å². The van der Waals surface area contributed by atoms with Crippen molar-refractivity contribution in [3.05, 3.63) is 23.1 Å². The minimum Gasteiger partial charge on any atom is -0.394 e. The van der Waals surface area contributed by atoms with Crippen molar-refractivity contribution in [3.8, 4) is 0 Å². The van der Waals surface area contributed by atoms with Gasteiger partial charge in [0.05, 0.1) is 24.4 Å². The van der Waals surface area contributed by atoms with Crippen LogP contribution in [-0.4, -0.2) is 34.0 Å². The molecule has 0 saturated carbocycles. The summed E-state index contributed by atoms with van der Waals surface area (Å²) in [5.41, 5.74) is 3.95. The average Bonchev–Trinajstić information content (AvgIpc) is 2.48. The molecule has 6 heteroatoms. The molecule has 76 valence electrons. The number of fused-ring (bicyclic) bond motifs is 1. The Kier molecular flexibility index (Phi) is 2.49. The summed E-state index contributed by atoms with van der Waals surface area (Å²) in [5, 5.41) is 13.1. The van der Waals surface area contributed by atoms with Crippen LogP contribution in [0.15, 0.2) is 28.1 Å². The van der Waals surface area contributed by atoms with Gasteiger partial charge in [0.1, 0.15) is 0 Å². The van der Waals surface area contributed by atoms with Gasteiger partial charge in [-0.25, -0.2) is 10.0 Å². The molecule has 2 N–H and O–H groups in total. The average molecular weight is 212 g/mol. The highest BCUT2D eigenvalue weighted by Crippen LogP contribution is 2.24. The summed E-state index contributed by atoms with van der Waals surface area (Å²) in [6.07, 6.45) is 3.71. The van der Waals surface area contributed by atoms with E-state index >= 15 is 0 Å². The van der Waals surface area contributed by atoms with Crippen molar-refractivity contribution in [2.45, 2.75) is 6.92 Å². The summed E-state index contributed by atoms with van der Waals surface area (Å²) < 4.78 is 0. The van der Waals surface area contributed by atoms with Gasteiger partial charge in [-0.3, -0.25) is 5.01 Å². The SMILES string of the molecule is CC1=NC2=CN(CCO)NN2C(S)=C1. The van der Waals surface area contributed by atoms with Crippen LogP contribution < -0.4 is 5.53 Å². The number of nitrogens with one attached hydrogen (secondary N) is 1. The zero-order valence-corrected chi connectivity index (χ0v) is 8.70. The lowest BCUT2D eigenvalue weighted by Gasteiger charge is -2.24. The molecule has 14 heavy (non-hydrogen) atoms. The molecule has 0 saturated heterocycles. The third kappa shape index (κ3) is 1.63. The molecule has 5 nitrogen and oxygen atoms in total. The molecule has 2 heterocycles. The van der Waals surface area contributed by atoms with Gasteiger partial charge >= 0.3 is 0 Å². The molecule has 0 atom stereocenters. The van der Waals surface area contributed by atoms with E-state index in [0.29, 0.717) is 6.54 Å². The fourth-order valence-electron chi connectivity index (χ4n) is 1.34. The molecular weight excluding hydrogens is 200 g/mol. The fourth-order valence-corrected chi connectivity index (χ4v) is 1.67. The minimum absolute atomic E-state index is 0.0962. The first-order chi connectivity index (χ1) is 6.70. The summed E-state index contributed by atoms with van der Waals surface area (Å²) in [6, 6.07) is 0. The number of aliphatic imine (C=N–C) groups is 1. The number of allylic oxidation sites excluding steroid dienone is 1. The van der Waals surface area contributed by atoms with Gasteiger partial charge in [-0.05, 0) is 13.0 Å². The molecular formula is C8H12N4OS. The Morgan fingerprint density at radius 2 is 2.43 bits per heavy atom. The van der Waals surface area contributed by atoms with Crippen molar-refractivity contribution in [1.82, 2.24) is 15.6 Å². The molecule has 0 bridgehead atoms. The number of hydrogen-bond donors (Lipinski definition) is 3. The van der Waals surface area contributed by atoms with Gasteiger partial charge in [0.25, 0.3) is 0 Å². The van der Waals surface area contributed by atoms with Crippen LogP contribution in [0.3, 0.4) is 0 Å². The van der Waals surface area contributed by atoms with E-state index in [1.807, 2.05) is 19.2 Å². The van der Waals surface area contributed by atoms with Gasteiger partial charge in [-0.1, -0.05) is 0 Å². The van der Waals surface area contributed by atoms with E-state index in [9.17, 15) is 0 Å². The number of hydrogen-bond acceptors (Lipinski definition) is 6. The van der Waals surface area contributed by atoms with Gasteiger partial charge in [0.2, 0.25) is 0 Å². The van der Waals surface area contributed by atoms with E-state index in [0.717, 1.165) is 16.6 Å². The Labute approximate surface area is 87.8 Å². The fraction of sp³-hybridized carbons (Fsp3) is 0.375. The lowest BCUT2D eigenvalue weighted by atomic mass is 10.3. The standard InChI is InChI=1S/C8H12N4OS/c1-6-4-8(14)12-7(9-6)5-11(10-12)2-3-13/h4-5,10,13-14H,2-3H2,1H3. The number of nitrogens with zero attached hydrogens (tertiary/aromatic N) is 3. The first-order valence-electron chi connectivity index (χ1n) is 4.32. The van der Waals surface area contributed by atoms with Gasteiger partial charge in [0.15, 0.2) is 5.82 Å². The monoisotopic (exact) mass is 212 g/mol. The van der Waals surface area contributed by atoms with E-state index in [-0.39, 0.29) is 6.61 Å². The van der Waals surface area contributed by atoms with E-state index in [1.165, 1.54) is 0 Å². The second kappa shape index (κ2) is 3.64. The number of aliphatic hydroxyl groups is 1. The Hall–Kier alpha value is -0.980. The summed E-state index contributed by atoms with van der Waals surface area (Å²) in [5.74, 6) is 0.795. The molecule has 2 aliphatic rings. The highest BCUT2D eigenvalue weighted by molar-refractivity contribution is 7.84. The summed E-state index contributed by atoms with van der Waals surface area (Å²) >= 11 is 4.32. The quantitative estimate of drug-likeness (QED) is 0.567. The zero-order valence-electron chi connectivity index (χ0n) is 7.80. The van der Waals surface area contributed by atoms with Crippen LogP contribution in [0.5, 0.6) is 0 Å². The first-order valence-corrected chi connectivity index (χ1v) is 4.77. The molecule has 0 amide bonds. The second-order valence-corrected chi connectivity index (χ2v) is 3.55. The van der Waals surface area contributed by atoms with Crippen LogP contribution in [0.2, 0.25) is 0 Å². The Morgan fingerprint density at radius 3 is 3.14 bits per heavy atom. The molecule has 0 aromatic rings. The lowest BCUT2D eigenvalue weighted by Crippen LogP contribution is -2.40. The molecule has 0 radical (unpaired) electrons.